The number of amides is 3. The molecule has 274 valence electrons. The van der Waals surface area contributed by atoms with E-state index in [2.05, 4.69) is 20.4 Å². The highest BCUT2D eigenvalue weighted by Crippen LogP contribution is 2.34. The monoisotopic (exact) mass is 723 g/mol. The molecule has 15 nitrogen and oxygen atoms in total. The van der Waals surface area contributed by atoms with E-state index in [9.17, 15) is 41.5 Å². The molecule has 5 N–H and O–H groups in total. The van der Waals surface area contributed by atoms with Crippen LogP contribution in [0.25, 0.3) is 0 Å². The van der Waals surface area contributed by atoms with Gasteiger partial charge >= 0.3 is 0 Å². The molecule has 1 aromatic carbocycles. The van der Waals surface area contributed by atoms with Gasteiger partial charge in [0, 0.05) is 39.0 Å². The molecule has 3 aliphatic rings. The Morgan fingerprint density at radius 3 is 2.42 bits per heavy atom. The molecule has 0 radical (unpaired) electrons. The van der Waals surface area contributed by atoms with Crippen molar-refractivity contribution in [2.45, 2.75) is 106 Å². The third-order valence-corrected chi connectivity index (χ3v) is 11.3. The fourth-order valence-corrected chi connectivity index (χ4v) is 8.39. The summed E-state index contributed by atoms with van der Waals surface area (Å²) in [5.41, 5.74) is 2.55. The summed E-state index contributed by atoms with van der Waals surface area (Å²) < 4.78 is 64.0. The highest BCUT2D eigenvalue weighted by atomic mass is 32.2. The largest absolute Gasteiger partial charge is 0.384 e. The number of ether oxygens (including phenoxy) is 1. The predicted octanol–water partition coefficient (Wildman–Crippen LogP) is 0.963. The van der Waals surface area contributed by atoms with Gasteiger partial charge in [0.2, 0.25) is 27.6 Å². The average molecular weight is 724 g/mol. The number of nitrogens with zero attached hydrogens (tertiary/aromatic N) is 4. The number of aliphatic hydroxyl groups is 1. The molecule has 3 atom stereocenters. The van der Waals surface area contributed by atoms with E-state index in [0.29, 0.717) is 17.8 Å². The molecule has 1 saturated carbocycles. The van der Waals surface area contributed by atoms with Crippen LogP contribution in [0.1, 0.15) is 83.4 Å². The number of nitrogens with one attached hydrogen (secondary N) is 2. The van der Waals surface area contributed by atoms with Gasteiger partial charge in [0.25, 0.3) is 5.91 Å². The van der Waals surface area contributed by atoms with Crippen LogP contribution in [0.4, 0.5) is 8.78 Å². The van der Waals surface area contributed by atoms with Crippen LogP contribution in [-0.2, 0) is 39.5 Å². The second kappa shape index (κ2) is 14.8. The number of halogens is 2. The lowest BCUT2D eigenvalue weighted by molar-refractivity contribution is -0.147. The molecule has 3 heterocycles. The first-order valence-electron chi connectivity index (χ1n) is 16.7. The maximum absolute atomic E-state index is 14.6. The van der Waals surface area contributed by atoms with Gasteiger partial charge in [-0.25, -0.2) is 21.9 Å². The Hall–Kier alpha value is -3.87. The van der Waals surface area contributed by atoms with Crippen molar-refractivity contribution in [1.82, 2.24) is 29.9 Å². The van der Waals surface area contributed by atoms with Crippen LogP contribution < -0.4 is 15.8 Å². The minimum absolute atomic E-state index is 0.0468. The lowest BCUT2D eigenvalue weighted by Gasteiger charge is -2.37. The van der Waals surface area contributed by atoms with Crippen LogP contribution in [-0.4, -0.2) is 94.3 Å². The summed E-state index contributed by atoms with van der Waals surface area (Å²) in [5.74, 6) is -6.50. The number of sulfonamides is 1. The number of carbonyl (C=O) groups is 4. The summed E-state index contributed by atoms with van der Waals surface area (Å²) >= 11 is 0. The first kappa shape index (κ1) is 37.4. The number of aromatic nitrogens is 3. The Morgan fingerprint density at radius 1 is 1.12 bits per heavy atom. The molecule has 3 fully saturated rings. The molecule has 50 heavy (non-hydrogen) atoms. The summed E-state index contributed by atoms with van der Waals surface area (Å²) in [6, 6.07) is -1.36. The van der Waals surface area contributed by atoms with Crippen molar-refractivity contribution in [2.24, 2.45) is 11.7 Å². The number of Topliss-reactive ketones (excluding diaryl/α,β-unsaturated/α-hetero) is 1. The molecule has 2 aromatic rings. The molecule has 0 bridgehead atoms. The van der Waals surface area contributed by atoms with Crippen molar-refractivity contribution in [3.05, 3.63) is 41.7 Å². The molecule has 3 amide bonds. The molecule has 5 rings (SSSR count). The van der Waals surface area contributed by atoms with Crippen LogP contribution >= 0.6 is 0 Å². The third kappa shape index (κ3) is 8.03. The molecule has 18 heteroatoms. The van der Waals surface area contributed by atoms with Gasteiger partial charge < -0.3 is 25.8 Å². The summed E-state index contributed by atoms with van der Waals surface area (Å²) in [4.78, 5) is 54.5. The molecular formula is C32H43F2N7O8S. The lowest BCUT2D eigenvalue weighted by Crippen LogP contribution is -2.64. The minimum Gasteiger partial charge on any atom is -0.384 e. The van der Waals surface area contributed by atoms with Gasteiger partial charge in [0.15, 0.2) is 11.6 Å². The normalized spacial score (nSPS) is 22.2. The molecule has 1 aromatic heterocycles. The molecule has 2 saturated heterocycles. The average Bonchev–Trinajstić information content (AvgIpc) is 3.74. The van der Waals surface area contributed by atoms with Crippen LogP contribution in [0.2, 0.25) is 0 Å². The predicted molar refractivity (Wildman–Crippen MR) is 171 cm³/mol. The quantitative estimate of drug-likeness (QED) is 0.228. The fourth-order valence-electron chi connectivity index (χ4n) is 7.17. The van der Waals surface area contributed by atoms with Gasteiger partial charge in [-0.2, -0.15) is 4.72 Å². The van der Waals surface area contributed by atoms with Gasteiger partial charge in [0.05, 0.1) is 22.8 Å². The molecular weight excluding hydrogens is 680 g/mol. The van der Waals surface area contributed by atoms with Crippen molar-refractivity contribution in [2.75, 3.05) is 19.8 Å². The highest BCUT2D eigenvalue weighted by molar-refractivity contribution is 7.89. The Morgan fingerprint density at radius 2 is 1.80 bits per heavy atom. The smallest absolute Gasteiger partial charge is 0.287 e. The Kier molecular flexibility index (Phi) is 11.0. The maximum Gasteiger partial charge on any atom is 0.287 e. The second-order valence-corrected chi connectivity index (χ2v) is 15.6. The van der Waals surface area contributed by atoms with Crippen LogP contribution in [0.5, 0.6) is 0 Å². The topological polar surface area (TPSA) is 216 Å². The molecule has 1 aliphatic carbocycles. The van der Waals surface area contributed by atoms with Crippen molar-refractivity contribution in [3.8, 4) is 0 Å². The standard InChI is InChI=1S/C32H43F2N7O8S/c1-31(2,46)26-17-36-39-41(26)20-15-25(29(44)37-32(27(42)28(35)43)10-12-49-13-11-32)40(18-20)30(45)24(14-19-6-4-3-5-7-19)38-50(47,48)21-8-9-22(33)23(34)16-21/h8-9,16-17,19-20,24-25,38,46H,3-7,10-15,18H2,1-2H3,(H2,35,43)(H,37,44)/t20-,24+,25-/m0/s1. The van der Waals surface area contributed by atoms with Crippen LogP contribution in [0, 0.1) is 17.6 Å². The number of likely N-dealkylation sites (tertiary alicyclic amines) is 1. The fraction of sp³-hybridized carbons (Fsp3) is 0.625. The summed E-state index contributed by atoms with van der Waals surface area (Å²) in [6.45, 7) is 2.97. The van der Waals surface area contributed by atoms with E-state index in [1.807, 2.05) is 0 Å². The Labute approximate surface area is 288 Å². The second-order valence-electron chi connectivity index (χ2n) is 13.9. The molecule has 0 unspecified atom stereocenters. The number of carbonyl (C=O) groups excluding carboxylic acids is 4. The number of ketones is 1. The third-order valence-electron chi connectivity index (χ3n) is 9.87. The van der Waals surface area contributed by atoms with E-state index < -0.39 is 79.3 Å². The number of rotatable bonds is 12. The van der Waals surface area contributed by atoms with Crippen molar-refractivity contribution < 1.29 is 46.2 Å². The van der Waals surface area contributed by atoms with E-state index in [4.69, 9.17) is 10.5 Å². The van der Waals surface area contributed by atoms with Crippen molar-refractivity contribution in [1.29, 1.82) is 0 Å². The number of hydrogen-bond donors (Lipinski definition) is 4. The molecule has 0 spiro atoms. The van der Waals surface area contributed by atoms with Gasteiger partial charge in [-0.3, -0.25) is 19.2 Å². The summed E-state index contributed by atoms with van der Waals surface area (Å²) in [7, 11) is -4.57. The summed E-state index contributed by atoms with van der Waals surface area (Å²) in [5, 5.41) is 21.5. The van der Waals surface area contributed by atoms with E-state index in [1.54, 1.807) is 0 Å². The number of nitrogens with two attached hydrogens (primary N) is 1. The highest BCUT2D eigenvalue weighted by Gasteiger charge is 2.49. The zero-order valence-corrected chi connectivity index (χ0v) is 28.8. The van der Waals surface area contributed by atoms with Crippen LogP contribution in [0.3, 0.4) is 0 Å². The number of hydrogen-bond acceptors (Lipinski definition) is 10. The van der Waals surface area contributed by atoms with E-state index in [-0.39, 0.29) is 51.4 Å². The maximum atomic E-state index is 14.6. The number of primary amides is 1. The van der Waals surface area contributed by atoms with Gasteiger partial charge in [-0.15, -0.1) is 5.10 Å². The Bertz CT molecular complexity index is 1720. The summed E-state index contributed by atoms with van der Waals surface area (Å²) in [6.07, 6.45) is 5.46. The van der Waals surface area contributed by atoms with Crippen LogP contribution in [0.15, 0.2) is 29.3 Å². The van der Waals surface area contributed by atoms with E-state index in [1.165, 1.54) is 29.6 Å². The first-order valence-corrected chi connectivity index (χ1v) is 18.2. The zero-order chi connectivity index (χ0) is 36.4. The molecule has 2 aliphatic heterocycles. The van der Waals surface area contributed by atoms with E-state index >= 15 is 0 Å². The minimum atomic E-state index is -4.57. The van der Waals surface area contributed by atoms with Gasteiger partial charge in [-0.05, 0) is 44.4 Å². The van der Waals surface area contributed by atoms with E-state index in [0.717, 1.165) is 38.2 Å². The number of benzene rings is 1. The van der Waals surface area contributed by atoms with Gasteiger partial charge in [-0.1, -0.05) is 37.3 Å². The van der Waals surface area contributed by atoms with Crippen molar-refractivity contribution in [3.63, 3.8) is 0 Å². The zero-order valence-electron chi connectivity index (χ0n) is 27.9. The first-order chi connectivity index (χ1) is 23.5. The SMILES string of the molecule is CC(C)(O)c1cnnn1[C@H]1C[C@@H](C(=O)NC2(C(=O)C(N)=O)CCOCC2)N(C(=O)[C@@H](CC2CCCCC2)NS(=O)(=O)c2ccc(F)c(F)c2)C1. The van der Waals surface area contributed by atoms with Gasteiger partial charge in [0.1, 0.15) is 23.2 Å². The lowest BCUT2D eigenvalue weighted by atomic mass is 9.84. The van der Waals surface area contributed by atoms with Crippen molar-refractivity contribution >= 4 is 33.5 Å². The Balaban J connectivity index is 1.52.